The molecule has 1 heterocycles. The molecule has 1 aromatic rings. The quantitative estimate of drug-likeness (QED) is 0.712. The fourth-order valence-corrected chi connectivity index (χ4v) is 4.87. The van der Waals surface area contributed by atoms with Crippen molar-refractivity contribution in [3.63, 3.8) is 0 Å². The highest BCUT2D eigenvalue weighted by atomic mass is 32.2. The van der Waals surface area contributed by atoms with Crippen molar-refractivity contribution in [3.05, 3.63) is 29.8 Å². The first kappa shape index (κ1) is 20.3. The zero-order chi connectivity index (χ0) is 20.3. The summed E-state index contributed by atoms with van der Waals surface area (Å²) in [6.45, 7) is 3.55. The van der Waals surface area contributed by atoms with Gasteiger partial charge in [0.05, 0.1) is 4.90 Å². The van der Waals surface area contributed by atoms with E-state index in [0.717, 1.165) is 19.3 Å². The van der Waals surface area contributed by atoms with Crippen molar-refractivity contribution in [2.45, 2.75) is 44.0 Å². The fourth-order valence-electron chi connectivity index (χ4n) is 3.62. The van der Waals surface area contributed by atoms with Crippen LogP contribution in [0.2, 0.25) is 0 Å². The molecule has 9 heteroatoms. The Kier molecular flexibility index (Phi) is 6.02. The van der Waals surface area contributed by atoms with Crippen LogP contribution in [-0.2, 0) is 24.3 Å². The standard InChI is InChI=1S/C19H25N3O5S/c1-12-6-5-8-15(13(12)2)21-17(23)11-27-18(24)10-20-19-14-7-3-4-9-16(14)28(25,26)22-19/h3-4,7,9,12-13,15H,5-6,8,10-11H2,1-2H3,(H,20,22)(H,21,23)/t12-,13-,15+/m1/s1. The minimum Gasteiger partial charge on any atom is -0.454 e. The third kappa shape index (κ3) is 4.52. The number of benzene rings is 1. The van der Waals surface area contributed by atoms with Crippen LogP contribution in [0.25, 0.3) is 0 Å². The predicted molar refractivity (Wildman–Crippen MR) is 103 cm³/mol. The Morgan fingerprint density at radius 2 is 2.00 bits per heavy atom. The Balaban J connectivity index is 1.50. The van der Waals surface area contributed by atoms with Gasteiger partial charge in [0.2, 0.25) is 0 Å². The smallest absolute Gasteiger partial charge is 0.328 e. The lowest BCUT2D eigenvalue weighted by Crippen LogP contribution is -2.45. The number of nitrogens with zero attached hydrogens (tertiary/aromatic N) is 1. The Hall–Kier alpha value is -2.42. The fraction of sp³-hybridized carbons (Fsp3) is 0.526. The molecule has 0 spiro atoms. The largest absolute Gasteiger partial charge is 0.454 e. The van der Waals surface area contributed by atoms with Gasteiger partial charge in [-0.15, -0.1) is 0 Å². The number of rotatable bonds is 5. The number of amides is 1. The molecule has 1 aliphatic heterocycles. The van der Waals surface area contributed by atoms with E-state index in [1.165, 1.54) is 6.07 Å². The van der Waals surface area contributed by atoms with Gasteiger partial charge in [0, 0.05) is 11.6 Å². The number of amidine groups is 1. The van der Waals surface area contributed by atoms with Gasteiger partial charge in [-0.05, 0) is 30.4 Å². The number of hydrogen-bond donors (Lipinski definition) is 2. The summed E-state index contributed by atoms with van der Waals surface area (Å²) in [5.41, 5.74) is 0.411. The zero-order valence-electron chi connectivity index (χ0n) is 16.0. The molecule has 0 aromatic heterocycles. The molecule has 1 aliphatic carbocycles. The van der Waals surface area contributed by atoms with Crippen LogP contribution in [0.3, 0.4) is 0 Å². The summed E-state index contributed by atoms with van der Waals surface area (Å²) in [7, 11) is -3.65. The van der Waals surface area contributed by atoms with Gasteiger partial charge in [-0.25, -0.2) is 8.42 Å². The van der Waals surface area contributed by atoms with E-state index in [1.807, 2.05) is 0 Å². The van der Waals surface area contributed by atoms with Crippen LogP contribution >= 0.6 is 0 Å². The number of esters is 1. The van der Waals surface area contributed by atoms with E-state index in [1.54, 1.807) is 18.2 Å². The number of carbonyl (C=O) groups is 2. The monoisotopic (exact) mass is 407 g/mol. The molecule has 0 bridgehead atoms. The Morgan fingerprint density at radius 3 is 2.79 bits per heavy atom. The summed E-state index contributed by atoms with van der Waals surface area (Å²) in [5, 5.41) is 2.93. The van der Waals surface area contributed by atoms with Gasteiger partial charge < -0.3 is 10.1 Å². The molecule has 2 aliphatic rings. The SMILES string of the molecule is C[C@@H]1[C@H](C)CCC[C@@H]1NC(=O)COC(=O)CN=C1NS(=O)(=O)c2ccccc21. The summed E-state index contributed by atoms with van der Waals surface area (Å²) >= 11 is 0. The zero-order valence-corrected chi connectivity index (χ0v) is 16.8. The van der Waals surface area contributed by atoms with Crippen LogP contribution in [0.5, 0.6) is 0 Å². The molecule has 1 aromatic carbocycles. The summed E-state index contributed by atoms with van der Waals surface area (Å²) in [6, 6.07) is 6.47. The number of sulfonamides is 1. The van der Waals surface area contributed by atoms with Crippen molar-refractivity contribution >= 4 is 27.7 Å². The highest BCUT2D eigenvalue weighted by Gasteiger charge is 2.30. The number of ether oxygens (including phenoxy) is 1. The number of carbonyl (C=O) groups excluding carboxylic acids is 2. The average molecular weight is 407 g/mol. The van der Waals surface area contributed by atoms with Gasteiger partial charge in [0.25, 0.3) is 15.9 Å². The molecule has 0 unspecified atom stereocenters. The lowest BCUT2D eigenvalue weighted by Gasteiger charge is -2.34. The molecule has 3 rings (SSSR count). The molecule has 0 radical (unpaired) electrons. The van der Waals surface area contributed by atoms with Crippen molar-refractivity contribution in [1.82, 2.24) is 10.0 Å². The first-order chi connectivity index (χ1) is 13.3. The lowest BCUT2D eigenvalue weighted by atomic mass is 9.78. The predicted octanol–water partition coefficient (Wildman–Crippen LogP) is 1.21. The summed E-state index contributed by atoms with van der Waals surface area (Å²) in [6.07, 6.45) is 3.17. The van der Waals surface area contributed by atoms with E-state index >= 15 is 0 Å². The Labute approximate surface area is 164 Å². The Bertz CT molecular complexity index is 897. The third-order valence-electron chi connectivity index (χ3n) is 5.45. The maximum absolute atomic E-state index is 12.1. The second-order valence-corrected chi connectivity index (χ2v) is 9.02. The minimum absolute atomic E-state index is 0.0968. The van der Waals surface area contributed by atoms with E-state index in [9.17, 15) is 18.0 Å². The molecule has 28 heavy (non-hydrogen) atoms. The van der Waals surface area contributed by atoms with Crippen molar-refractivity contribution in [2.24, 2.45) is 16.8 Å². The molecule has 1 fully saturated rings. The molecule has 2 N–H and O–H groups in total. The molecule has 152 valence electrons. The molecule has 1 amide bonds. The van der Waals surface area contributed by atoms with Crippen LogP contribution in [0.1, 0.15) is 38.7 Å². The lowest BCUT2D eigenvalue weighted by molar-refractivity contribution is -0.147. The number of nitrogens with one attached hydrogen (secondary N) is 2. The normalized spacial score (nSPS) is 26.9. The van der Waals surface area contributed by atoms with Gasteiger partial charge in [-0.1, -0.05) is 38.8 Å². The maximum atomic E-state index is 12.1. The van der Waals surface area contributed by atoms with Crippen molar-refractivity contribution in [1.29, 1.82) is 0 Å². The summed E-state index contributed by atoms with van der Waals surface area (Å²) < 4.78 is 31.3. The van der Waals surface area contributed by atoms with Gasteiger partial charge in [-0.2, -0.15) is 0 Å². The van der Waals surface area contributed by atoms with E-state index in [0.29, 0.717) is 17.4 Å². The van der Waals surface area contributed by atoms with Crippen molar-refractivity contribution in [2.75, 3.05) is 13.2 Å². The molecule has 8 nitrogen and oxygen atoms in total. The highest BCUT2D eigenvalue weighted by molar-refractivity contribution is 7.90. The number of aliphatic imine (C=N–C) groups is 1. The van der Waals surface area contributed by atoms with Crippen LogP contribution in [-0.4, -0.2) is 45.3 Å². The molecular formula is C19H25N3O5S. The van der Waals surface area contributed by atoms with Crippen LogP contribution in [0.15, 0.2) is 34.2 Å². The summed E-state index contributed by atoms with van der Waals surface area (Å²) in [5.74, 6) is 0.00271. The van der Waals surface area contributed by atoms with E-state index < -0.39 is 16.0 Å². The van der Waals surface area contributed by atoms with Gasteiger partial charge >= 0.3 is 5.97 Å². The number of fused-ring (bicyclic) bond motifs is 1. The topological polar surface area (TPSA) is 114 Å². The first-order valence-corrected chi connectivity index (χ1v) is 10.9. The van der Waals surface area contributed by atoms with Crippen LogP contribution < -0.4 is 10.0 Å². The third-order valence-corrected chi connectivity index (χ3v) is 6.84. The second-order valence-electron chi connectivity index (χ2n) is 7.37. The summed E-state index contributed by atoms with van der Waals surface area (Å²) in [4.78, 5) is 28.1. The maximum Gasteiger partial charge on any atom is 0.328 e. The van der Waals surface area contributed by atoms with Crippen molar-refractivity contribution in [3.8, 4) is 0 Å². The number of hydrogen-bond acceptors (Lipinski definition) is 6. The van der Waals surface area contributed by atoms with E-state index in [4.69, 9.17) is 4.74 Å². The molecule has 0 saturated heterocycles. The van der Waals surface area contributed by atoms with Crippen molar-refractivity contribution < 1.29 is 22.7 Å². The first-order valence-electron chi connectivity index (χ1n) is 9.39. The average Bonchev–Trinajstić information content (AvgIpc) is 2.93. The molecular weight excluding hydrogens is 382 g/mol. The van der Waals surface area contributed by atoms with Gasteiger partial charge in [-0.3, -0.25) is 19.3 Å². The molecule has 3 atom stereocenters. The van der Waals surface area contributed by atoms with Crippen LogP contribution in [0, 0.1) is 11.8 Å². The van der Waals surface area contributed by atoms with Gasteiger partial charge in [0.1, 0.15) is 12.4 Å². The highest BCUT2D eigenvalue weighted by Crippen LogP contribution is 2.29. The minimum atomic E-state index is -3.65. The van der Waals surface area contributed by atoms with Gasteiger partial charge in [0.15, 0.2) is 6.61 Å². The Morgan fingerprint density at radius 1 is 1.25 bits per heavy atom. The second kappa shape index (κ2) is 8.30. The molecule has 1 saturated carbocycles. The van der Waals surface area contributed by atoms with Crippen LogP contribution in [0.4, 0.5) is 0 Å². The van der Waals surface area contributed by atoms with E-state index in [-0.39, 0.29) is 35.8 Å². The van der Waals surface area contributed by atoms with E-state index in [2.05, 4.69) is 28.9 Å².